The van der Waals surface area contributed by atoms with Crippen molar-refractivity contribution in [1.29, 1.82) is 0 Å². The molecule has 8 heteroatoms. The van der Waals surface area contributed by atoms with Crippen LogP contribution in [0.2, 0.25) is 0 Å². The lowest BCUT2D eigenvalue weighted by Crippen LogP contribution is -2.37. The maximum atomic E-state index is 12.7. The number of hydrogen-bond donors (Lipinski definition) is 1. The average Bonchev–Trinajstić information content (AvgIpc) is 2.72. The highest BCUT2D eigenvalue weighted by molar-refractivity contribution is 7.89. The maximum Gasteiger partial charge on any atom is 0.416 e. The highest BCUT2D eigenvalue weighted by Crippen LogP contribution is 2.43. The lowest BCUT2D eigenvalue weighted by Gasteiger charge is -2.42. The van der Waals surface area contributed by atoms with Gasteiger partial charge in [-0.1, -0.05) is 13.0 Å². The van der Waals surface area contributed by atoms with E-state index in [1.54, 1.807) is 0 Å². The number of allylic oxidation sites excluding steroid dienone is 5. The molecule has 2 aliphatic carbocycles. The van der Waals surface area contributed by atoms with Gasteiger partial charge >= 0.3 is 6.18 Å². The molecule has 1 fully saturated rings. The summed E-state index contributed by atoms with van der Waals surface area (Å²) in [5, 5.41) is 0. The number of halogens is 3. The van der Waals surface area contributed by atoms with Gasteiger partial charge in [-0.25, -0.2) is 8.42 Å². The number of rotatable bonds is 5. The van der Waals surface area contributed by atoms with Gasteiger partial charge in [-0.2, -0.15) is 13.2 Å². The molecule has 2 atom stereocenters. The van der Waals surface area contributed by atoms with Crippen LogP contribution in [0.4, 0.5) is 13.2 Å². The van der Waals surface area contributed by atoms with Gasteiger partial charge in [0.1, 0.15) is 0 Å². The van der Waals surface area contributed by atoms with Gasteiger partial charge in [-0.05, 0) is 85.9 Å². The Hall–Kier alpha value is -2.22. The van der Waals surface area contributed by atoms with E-state index in [1.807, 2.05) is 12.2 Å². The van der Waals surface area contributed by atoms with Crippen LogP contribution < -0.4 is 4.72 Å². The second kappa shape index (κ2) is 8.37. The number of alkyl halides is 3. The molecule has 1 aliphatic heterocycles. The third-order valence-electron chi connectivity index (χ3n) is 6.30. The summed E-state index contributed by atoms with van der Waals surface area (Å²) < 4.78 is 66.2. The molecular formula is C23H27F3N2O2S. The molecule has 4 rings (SSSR count). The van der Waals surface area contributed by atoms with E-state index in [9.17, 15) is 21.6 Å². The van der Waals surface area contributed by atoms with E-state index in [0.29, 0.717) is 17.5 Å². The van der Waals surface area contributed by atoms with Gasteiger partial charge in [-0.15, -0.1) is 0 Å². The predicted molar refractivity (Wildman–Crippen MR) is 113 cm³/mol. The summed E-state index contributed by atoms with van der Waals surface area (Å²) >= 11 is 0. The molecule has 0 spiro atoms. The smallest absolute Gasteiger partial charge is 0.375 e. The van der Waals surface area contributed by atoms with E-state index in [4.69, 9.17) is 0 Å². The minimum atomic E-state index is -4.50. The summed E-state index contributed by atoms with van der Waals surface area (Å²) in [6.07, 6.45) is 6.81. The Kier molecular flexibility index (Phi) is 5.94. The van der Waals surface area contributed by atoms with Gasteiger partial charge in [0, 0.05) is 24.5 Å². The van der Waals surface area contributed by atoms with E-state index < -0.39 is 21.8 Å². The van der Waals surface area contributed by atoms with Crippen LogP contribution in [-0.4, -0.2) is 26.4 Å². The largest absolute Gasteiger partial charge is 0.416 e. The quantitative estimate of drug-likeness (QED) is 0.666. The number of sulfonamides is 1. The Labute approximate surface area is 181 Å². The Morgan fingerprint density at radius 2 is 1.87 bits per heavy atom. The van der Waals surface area contributed by atoms with Crippen LogP contribution in [-0.2, 0) is 16.2 Å². The first kappa shape index (κ1) is 22.0. The molecule has 1 saturated heterocycles. The van der Waals surface area contributed by atoms with Crippen molar-refractivity contribution in [2.75, 3.05) is 13.1 Å². The molecule has 1 aromatic rings. The molecule has 31 heavy (non-hydrogen) atoms. The van der Waals surface area contributed by atoms with Crippen molar-refractivity contribution in [3.8, 4) is 0 Å². The number of hydrogen-bond acceptors (Lipinski definition) is 3. The summed E-state index contributed by atoms with van der Waals surface area (Å²) in [5.74, 6) is 0.955. The zero-order chi connectivity index (χ0) is 22.2. The molecule has 1 heterocycles. The zero-order valence-corrected chi connectivity index (χ0v) is 18.3. The molecule has 0 bridgehead atoms. The van der Waals surface area contributed by atoms with Crippen LogP contribution in [0.3, 0.4) is 0 Å². The van der Waals surface area contributed by atoms with Gasteiger partial charge in [0.15, 0.2) is 0 Å². The molecule has 0 aromatic heterocycles. The Morgan fingerprint density at radius 1 is 1.13 bits per heavy atom. The lowest BCUT2D eigenvalue weighted by atomic mass is 9.74. The molecule has 1 aromatic carbocycles. The minimum Gasteiger partial charge on any atom is -0.375 e. The third kappa shape index (κ3) is 4.68. The fourth-order valence-electron chi connectivity index (χ4n) is 4.80. The van der Waals surface area contributed by atoms with Crippen molar-refractivity contribution < 1.29 is 21.6 Å². The standard InChI is InChI=1S/C23H27F3N2O2S/c1-2-11-28-12-3-4-17-13-16-5-8-20(14-18(16)15-22(17)28)27-31(29,30)21-9-6-19(7-10-21)23(24,25)26/h6-10,14-17,27H,2-5,11-13H2,1H3. The first-order valence-corrected chi connectivity index (χ1v) is 12.2. The van der Waals surface area contributed by atoms with Gasteiger partial charge in [0.05, 0.1) is 10.5 Å². The van der Waals surface area contributed by atoms with Crippen LogP contribution in [0.25, 0.3) is 0 Å². The van der Waals surface area contributed by atoms with Crippen LogP contribution >= 0.6 is 0 Å². The molecule has 1 N–H and O–H groups in total. The van der Waals surface area contributed by atoms with Gasteiger partial charge in [0.25, 0.3) is 10.0 Å². The minimum absolute atomic E-state index is 0.189. The summed E-state index contributed by atoms with van der Waals surface area (Å²) in [7, 11) is -3.96. The highest BCUT2D eigenvalue weighted by atomic mass is 32.2. The zero-order valence-electron chi connectivity index (χ0n) is 17.5. The van der Waals surface area contributed by atoms with Crippen LogP contribution in [0, 0.1) is 11.8 Å². The highest BCUT2D eigenvalue weighted by Gasteiger charge is 2.34. The predicted octanol–water partition coefficient (Wildman–Crippen LogP) is 5.22. The first-order chi connectivity index (χ1) is 14.7. The van der Waals surface area contributed by atoms with E-state index in [1.165, 1.54) is 18.5 Å². The van der Waals surface area contributed by atoms with Crippen LogP contribution in [0.5, 0.6) is 0 Å². The second-order valence-electron chi connectivity index (χ2n) is 8.50. The van der Waals surface area contributed by atoms with Crippen molar-refractivity contribution in [2.45, 2.75) is 50.1 Å². The molecule has 4 nitrogen and oxygen atoms in total. The Bertz CT molecular complexity index is 1020. The first-order valence-electron chi connectivity index (χ1n) is 10.8. The number of piperidine rings is 1. The van der Waals surface area contributed by atoms with E-state index >= 15 is 0 Å². The molecule has 168 valence electrons. The van der Waals surface area contributed by atoms with E-state index in [-0.39, 0.29) is 4.90 Å². The van der Waals surface area contributed by atoms with Crippen molar-refractivity contribution in [3.05, 3.63) is 65.0 Å². The summed E-state index contributed by atoms with van der Waals surface area (Å²) in [4.78, 5) is 2.26. The lowest BCUT2D eigenvalue weighted by molar-refractivity contribution is -0.137. The molecule has 0 radical (unpaired) electrons. The van der Waals surface area contributed by atoms with E-state index in [0.717, 1.165) is 62.2 Å². The second-order valence-corrected chi connectivity index (χ2v) is 10.2. The fourth-order valence-corrected chi connectivity index (χ4v) is 5.86. The summed E-state index contributed by atoms with van der Waals surface area (Å²) in [6, 6.07) is 3.55. The molecule has 0 saturated carbocycles. The number of benzene rings is 1. The number of likely N-dealkylation sites (tertiary alicyclic amines) is 1. The van der Waals surface area contributed by atoms with Crippen molar-refractivity contribution >= 4 is 10.0 Å². The SMILES string of the molecule is CCCN1CCCC2CC3CC=C(NS(=O)(=O)c4ccc(C(F)(F)F)cc4)C=C3C=C21. The number of nitrogens with one attached hydrogen (secondary N) is 1. The maximum absolute atomic E-state index is 12.7. The normalized spacial score (nSPS) is 23.9. The van der Waals surface area contributed by atoms with Gasteiger partial charge < -0.3 is 4.90 Å². The van der Waals surface area contributed by atoms with Crippen molar-refractivity contribution in [1.82, 2.24) is 9.62 Å². The monoisotopic (exact) mass is 452 g/mol. The van der Waals surface area contributed by atoms with Gasteiger partial charge in [0.2, 0.25) is 0 Å². The fraction of sp³-hybridized carbons (Fsp3) is 0.478. The summed E-state index contributed by atoms with van der Waals surface area (Å²) in [6.45, 7) is 4.27. The van der Waals surface area contributed by atoms with Crippen molar-refractivity contribution in [3.63, 3.8) is 0 Å². The summed E-state index contributed by atoms with van der Waals surface area (Å²) in [5.41, 5.74) is 2.09. The van der Waals surface area contributed by atoms with Crippen LogP contribution in [0.15, 0.2) is 64.4 Å². The topological polar surface area (TPSA) is 49.4 Å². The number of nitrogens with zero attached hydrogens (tertiary/aromatic N) is 1. The van der Waals surface area contributed by atoms with E-state index in [2.05, 4.69) is 22.6 Å². The van der Waals surface area contributed by atoms with Crippen molar-refractivity contribution in [2.24, 2.45) is 11.8 Å². The average molecular weight is 453 g/mol. The molecule has 2 unspecified atom stereocenters. The molecule has 3 aliphatic rings. The Balaban J connectivity index is 1.54. The van der Waals surface area contributed by atoms with Gasteiger partial charge in [-0.3, -0.25) is 4.72 Å². The Morgan fingerprint density at radius 3 is 2.55 bits per heavy atom. The molecule has 0 amide bonds. The van der Waals surface area contributed by atoms with Crippen LogP contribution in [0.1, 0.15) is 44.6 Å². The number of fused-ring (bicyclic) bond motifs is 2. The molecular weight excluding hydrogens is 425 g/mol. The third-order valence-corrected chi connectivity index (χ3v) is 7.70.